The number of aromatic nitrogens is 1. The fourth-order valence-corrected chi connectivity index (χ4v) is 4.24. The Morgan fingerprint density at radius 3 is 2.66 bits per heavy atom. The fourth-order valence-electron chi connectivity index (χ4n) is 4.24. The predicted molar refractivity (Wildman–Crippen MR) is 145 cm³/mol. The molecule has 2 heterocycles. The lowest BCUT2D eigenvalue weighted by molar-refractivity contribution is 0.281. The highest BCUT2D eigenvalue weighted by molar-refractivity contribution is 5.97. The van der Waals surface area contributed by atoms with Gasteiger partial charge in [0.05, 0.1) is 12.3 Å². The van der Waals surface area contributed by atoms with Crippen LogP contribution in [0.25, 0.3) is 5.70 Å². The molecule has 0 fully saturated rings. The highest BCUT2D eigenvalue weighted by Crippen LogP contribution is 2.32. The van der Waals surface area contributed by atoms with Crippen LogP contribution >= 0.6 is 0 Å². The Kier molecular flexibility index (Phi) is 8.87. The maximum atomic E-state index is 6.16. The maximum absolute atomic E-state index is 6.16. The van der Waals surface area contributed by atoms with E-state index in [1.807, 2.05) is 12.1 Å². The van der Waals surface area contributed by atoms with Gasteiger partial charge in [-0.05, 0) is 61.4 Å². The monoisotopic (exact) mass is 469 g/mol. The number of nitrogens with zero attached hydrogens (tertiary/aromatic N) is 3. The molecule has 182 valence electrons. The van der Waals surface area contributed by atoms with Crippen LogP contribution in [0.4, 0.5) is 5.82 Å². The Morgan fingerprint density at radius 2 is 1.89 bits per heavy atom. The molecule has 0 amide bonds. The maximum Gasteiger partial charge on any atom is 0.189 e. The number of hydrogen-bond donors (Lipinski definition) is 2. The van der Waals surface area contributed by atoms with Crippen molar-refractivity contribution in [2.75, 3.05) is 18.9 Å². The van der Waals surface area contributed by atoms with Gasteiger partial charge in [0, 0.05) is 30.6 Å². The summed E-state index contributed by atoms with van der Waals surface area (Å²) in [5.74, 6) is 2.14. The molecule has 4 rings (SSSR count). The molecule has 1 aliphatic heterocycles. The zero-order valence-electron chi connectivity index (χ0n) is 20.3. The van der Waals surface area contributed by atoms with Crippen molar-refractivity contribution < 1.29 is 4.74 Å². The Balaban J connectivity index is 1.22. The largest absolute Gasteiger partial charge is 0.481 e. The topological polar surface area (TPSA) is 98.9 Å². The number of hydrogen-bond acceptors (Lipinski definition) is 5. The molecular weight excluding hydrogens is 434 g/mol. The molecule has 6 nitrogen and oxygen atoms in total. The number of ether oxygens (including phenoxy) is 1. The van der Waals surface area contributed by atoms with E-state index < -0.39 is 0 Å². The second-order valence-electron chi connectivity index (χ2n) is 8.92. The molecular formula is C29H35N5O. The van der Waals surface area contributed by atoms with Gasteiger partial charge in [0.25, 0.3) is 0 Å². The molecule has 0 bridgehead atoms. The molecule has 0 saturated heterocycles. The van der Waals surface area contributed by atoms with Gasteiger partial charge < -0.3 is 16.2 Å². The Hall–Kier alpha value is -3.67. The van der Waals surface area contributed by atoms with Crippen LogP contribution in [0.2, 0.25) is 0 Å². The van der Waals surface area contributed by atoms with Crippen LogP contribution in [0, 0.1) is 5.92 Å². The highest BCUT2D eigenvalue weighted by atomic mass is 16.5. The number of unbranched alkanes of at least 4 members (excludes halogenated alkanes) is 3. The Morgan fingerprint density at radius 1 is 1.03 bits per heavy atom. The Bertz CT molecular complexity index is 1110. The van der Waals surface area contributed by atoms with Crippen molar-refractivity contribution in [3.05, 3.63) is 89.7 Å². The standard InChI is InChI=1S/C29H35N5O/c30-27-16-15-24(21-33-27)29(31)32-17-9-1-2-10-18-35-28-20-25(22-11-5-3-6-12-22)19-26(34-28)23-13-7-4-8-14-23/h4-5,7-8,11-16,19,21,25H,1-3,6,9-10,17-18,20H2,(H2,30,33)(H2,31,32). The van der Waals surface area contributed by atoms with Crippen molar-refractivity contribution in [1.82, 2.24) is 4.98 Å². The molecule has 1 aliphatic carbocycles. The van der Waals surface area contributed by atoms with E-state index in [0.717, 1.165) is 67.7 Å². The predicted octanol–water partition coefficient (Wildman–Crippen LogP) is 5.68. The van der Waals surface area contributed by atoms with Gasteiger partial charge in [0.15, 0.2) is 5.90 Å². The molecule has 1 aromatic heterocycles. The molecule has 6 heteroatoms. The van der Waals surface area contributed by atoms with Gasteiger partial charge in [-0.1, -0.05) is 55.0 Å². The summed E-state index contributed by atoms with van der Waals surface area (Å²) < 4.78 is 6.16. The van der Waals surface area contributed by atoms with E-state index in [4.69, 9.17) is 21.2 Å². The van der Waals surface area contributed by atoms with E-state index in [1.165, 1.54) is 5.57 Å². The molecule has 4 N–H and O–H groups in total. The third-order valence-corrected chi connectivity index (χ3v) is 6.21. The minimum atomic E-state index is 0.314. The van der Waals surface area contributed by atoms with Gasteiger partial charge in [-0.2, -0.15) is 0 Å². The van der Waals surface area contributed by atoms with Gasteiger partial charge in [-0.3, -0.25) is 4.99 Å². The third kappa shape index (κ3) is 7.41. The lowest BCUT2D eigenvalue weighted by atomic mass is 9.88. The molecule has 35 heavy (non-hydrogen) atoms. The minimum Gasteiger partial charge on any atom is -0.481 e. The average molecular weight is 470 g/mol. The number of nitrogen functional groups attached to an aromatic ring is 1. The zero-order valence-corrected chi connectivity index (χ0v) is 20.3. The van der Waals surface area contributed by atoms with Crippen molar-refractivity contribution in [3.63, 3.8) is 0 Å². The summed E-state index contributed by atoms with van der Waals surface area (Å²) in [4.78, 5) is 13.4. The first kappa shape index (κ1) is 24.5. The van der Waals surface area contributed by atoms with Crippen LogP contribution in [0.5, 0.6) is 0 Å². The first-order chi connectivity index (χ1) is 17.2. The van der Waals surface area contributed by atoms with Crippen molar-refractivity contribution >= 4 is 23.2 Å². The van der Waals surface area contributed by atoms with E-state index in [1.54, 1.807) is 12.3 Å². The third-order valence-electron chi connectivity index (χ3n) is 6.21. The molecule has 2 aliphatic rings. The molecule has 0 radical (unpaired) electrons. The van der Waals surface area contributed by atoms with Gasteiger partial charge in [-0.25, -0.2) is 9.98 Å². The number of aliphatic imine (C=N–C) groups is 2. The average Bonchev–Trinajstić information content (AvgIpc) is 2.91. The summed E-state index contributed by atoms with van der Waals surface area (Å²) in [6.45, 7) is 1.39. The summed E-state index contributed by atoms with van der Waals surface area (Å²) in [6.07, 6.45) is 18.0. The summed E-state index contributed by atoms with van der Waals surface area (Å²) in [5, 5.41) is 0. The zero-order chi connectivity index (χ0) is 24.3. The molecule has 0 saturated carbocycles. The van der Waals surface area contributed by atoms with E-state index in [2.05, 4.69) is 58.5 Å². The normalized spacial score (nSPS) is 18.0. The first-order valence-corrected chi connectivity index (χ1v) is 12.5. The van der Waals surface area contributed by atoms with Crippen molar-refractivity contribution in [1.29, 1.82) is 0 Å². The van der Waals surface area contributed by atoms with Crippen LogP contribution in [0.1, 0.15) is 56.1 Å². The van der Waals surface area contributed by atoms with Gasteiger partial charge >= 0.3 is 0 Å². The van der Waals surface area contributed by atoms with E-state index in [-0.39, 0.29) is 0 Å². The van der Waals surface area contributed by atoms with E-state index in [9.17, 15) is 0 Å². The van der Waals surface area contributed by atoms with Crippen LogP contribution in [-0.4, -0.2) is 29.9 Å². The van der Waals surface area contributed by atoms with Crippen molar-refractivity contribution in [3.8, 4) is 0 Å². The van der Waals surface area contributed by atoms with E-state index >= 15 is 0 Å². The first-order valence-electron chi connectivity index (χ1n) is 12.5. The summed E-state index contributed by atoms with van der Waals surface area (Å²) >= 11 is 0. The number of allylic oxidation sites excluding steroid dienone is 5. The van der Waals surface area contributed by atoms with E-state index in [0.29, 0.717) is 30.7 Å². The van der Waals surface area contributed by atoms with Crippen molar-refractivity contribution in [2.24, 2.45) is 21.6 Å². The second kappa shape index (κ2) is 12.7. The van der Waals surface area contributed by atoms with Crippen LogP contribution < -0.4 is 11.5 Å². The van der Waals surface area contributed by atoms with Crippen LogP contribution in [-0.2, 0) is 4.74 Å². The summed E-state index contributed by atoms with van der Waals surface area (Å²) in [6, 6.07) is 13.9. The van der Waals surface area contributed by atoms with Crippen LogP contribution in [0.15, 0.2) is 88.5 Å². The summed E-state index contributed by atoms with van der Waals surface area (Å²) in [5.41, 5.74) is 16.0. The smallest absolute Gasteiger partial charge is 0.189 e. The molecule has 2 aromatic rings. The highest BCUT2D eigenvalue weighted by Gasteiger charge is 2.21. The minimum absolute atomic E-state index is 0.314. The molecule has 1 aromatic carbocycles. The number of nitrogens with two attached hydrogens (primary N) is 2. The quantitative estimate of drug-likeness (QED) is 0.266. The number of rotatable bonds is 10. The van der Waals surface area contributed by atoms with Crippen LogP contribution in [0.3, 0.4) is 0 Å². The van der Waals surface area contributed by atoms with Gasteiger partial charge in [0.2, 0.25) is 0 Å². The second-order valence-corrected chi connectivity index (χ2v) is 8.92. The molecule has 0 spiro atoms. The SMILES string of the molecule is NC(=NCCCCCCOC1=NC(c2ccccc2)=CC(C2=CCCC=C2)C1)c1ccc(N)nc1. The Labute approximate surface area is 208 Å². The van der Waals surface area contributed by atoms with Gasteiger partial charge in [-0.15, -0.1) is 0 Å². The van der Waals surface area contributed by atoms with Crippen molar-refractivity contribution in [2.45, 2.75) is 44.9 Å². The van der Waals surface area contributed by atoms with Gasteiger partial charge in [0.1, 0.15) is 11.7 Å². The lowest BCUT2D eigenvalue weighted by Gasteiger charge is -2.23. The molecule has 1 atom stereocenters. The number of benzene rings is 1. The summed E-state index contributed by atoms with van der Waals surface area (Å²) in [7, 11) is 0. The molecule has 1 unspecified atom stereocenters. The number of pyridine rings is 1. The number of anilines is 1. The number of amidine groups is 1. The lowest BCUT2D eigenvalue weighted by Crippen LogP contribution is -2.17. The fraction of sp³-hybridized carbons (Fsp3) is 0.345.